The van der Waals surface area contributed by atoms with Crippen LogP contribution in [0.3, 0.4) is 0 Å². The first kappa shape index (κ1) is 11.9. The molecule has 0 amide bonds. The molecule has 0 spiro atoms. The van der Waals surface area contributed by atoms with E-state index in [0.29, 0.717) is 5.92 Å². The fourth-order valence-electron chi connectivity index (χ4n) is 2.76. The third-order valence-corrected chi connectivity index (χ3v) is 3.93. The molecule has 1 aliphatic heterocycles. The molecule has 0 unspecified atom stereocenters. The van der Waals surface area contributed by atoms with Crippen LogP contribution in [0.15, 0.2) is 12.3 Å². The Hall–Kier alpha value is -1.88. The maximum Gasteiger partial charge on any atom is 0.178 e. The number of nitrogens with one attached hydrogen (secondary N) is 1. The summed E-state index contributed by atoms with van der Waals surface area (Å²) in [4.78, 5) is 18.2. The first-order chi connectivity index (χ1) is 9.81. The number of fused-ring (bicyclic) bond motifs is 1. The smallest absolute Gasteiger partial charge is 0.178 e. The van der Waals surface area contributed by atoms with E-state index in [0.717, 1.165) is 36.9 Å². The molecule has 2 aliphatic rings. The lowest BCUT2D eigenvalue weighted by molar-refractivity contribution is 0.617. The van der Waals surface area contributed by atoms with Crippen molar-refractivity contribution >= 4 is 0 Å². The Kier molecular flexibility index (Phi) is 2.73. The maximum absolute atomic E-state index is 4.82. The van der Waals surface area contributed by atoms with Crippen molar-refractivity contribution in [3.63, 3.8) is 0 Å². The molecule has 102 valence electrons. The second kappa shape index (κ2) is 4.59. The van der Waals surface area contributed by atoms with Crippen molar-refractivity contribution in [2.45, 2.75) is 38.6 Å². The summed E-state index contributed by atoms with van der Waals surface area (Å²) in [6, 6.07) is 1.90. The Morgan fingerprint density at radius 1 is 1.20 bits per heavy atom. The van der Waals surface area contributed by atoms with Crippen LogP contribution in [0.5, 0.6) is 0 Å². The monoisotopic (exact) mass is 267 g/mol. The zero-order chi connectivity index (χ0) is 13.5. The topological polar surface area (TPSA) is 63.6 Å². The molecule has 4 rings (SSSR count). The number of rotatable bonds is 2. The van der Waals surface area contributed by atoms with E-state index in [1.807, 2.05) is 13.0 Å². The van der Waals surface area contributed by atoms with Crippen molar-refractivity contribution in [1.82, 2.24) is 25.3 Å². The van der Waals surface area contributed by atoms with Crippen LogP contribution in [0, 0.1) is 6.92 Å². The molecule has 0 saturated heterocycles. The molecule has 2 aromatic heterocycles. The Morgan fingerprint density at radius 3 is 2.90 bits per heavy atom. The van der Waals surface area contributed by atoms with Crippen molar-refractivity contribution in [3.05, 3.63) is 35.0 Å². The highest BCUT2D eigenvalue weighted by atomic mass is 15.0. The number of hydrogen-bond donors (Lipinski definition) is 1. The fraction of sp³-hybridized carbons (Fsp3) is 0.467. The van der Waals surface area contributed by atoms with Crippen LogP contribution >= 0.6 is 0 Å². The second-order valence-electron chi connectivity index (χ2n) is 5.55. The number of hydrogen-bond acceptors (Lipinski definition) is 5. The van der Waals surface area contributed by atoms with Gasteiger partial charge < -0.3 is 5.32 Å². The predicted molar refractivity (Wildman–Crippen MR) is 75.2 cm³/mol. The van der Waals surface area contributed by atoms with E-state index in [1.54, 1.807) is 6.20 Å². The molecule has 1 saturated carbocycles. The quantitative estimate of drug-likeness (QED) is 0.898. The van der Waals surface area contributed by atoms with Crippen molar-refractivity contribution < 1.29 is 0 Å². The molecule has 1 aliphatic carbocycles. The summed E-state index contributed by atoms with van der Waals surface area (Å²) >= 11 is 0. The molecule has 0 atom stereocenters. The highest BCUT2D eigenvalue weighted by Crippen LogP contribution is 2.42. The van der Waals surface area contributed by atoms with Crippen LogP contribution in [0.2, 0.25) is 0 Å². The minimum absolute atomic E-state index is 0.633. The average Bonchev–Trinajstić information content (AvgIpc) is 3.31. The molecule has 0 aromatic carbocycles. The third-order valence-electron chi connectivity index (χ3n) is 3.93. The summed E-state index contributed by atoms with van der Waals surface area (Å²) in [6.45, 7) is 3.80. The Bertz CT molecular complexity index is 663. The van der Waals surface area contributed by atoms with Gasteiger partial charge in [0.15, 0.2) is 5.82 Å². The van der Waals surface area contributed by atoms with Crippen LogP contribution in [-0.4, -0.2) is 26.5 Å². The van der Waals surface area contributed by atoms with Crippen LogP contribution < -0.4 is 5.32 Å². The predicted octanol–water partition coefficient (Wildman–Crippen LogP) is 1.77. The maximum atomic E-state index is 4.82. The van der Waals surface area contributed by atoms with Gasteiger partial charge in [0.2, 0.25) is 0 Å². The molecular formula is C15H17N5. The summed E-state index contributed by atoms with van der Waals surface area (Å²) in [7, 11) is 0. The summed E-state index contributed by atoms with van der Waals surface area (Å²) in [5, 5.41) is 3.43. The first-order valence-corrected chi connectivity index (χ1v) is 7.21. The molecular weight excluding hydrogens is 250 g/mol. The Balaban J connectivity index is 1.86. The number of aryl methyl sites for hydroxylation is 1. The van der Waals surface area contributed by atoms with Gasteiger partial charge in [0.1, 0.15) is 11.5 Å². The van der Waals surface area contributed by atoms with Gasteiger partial charge >= 0.3 is 0 Å². The Morgan fingerprint density at radius 2 is 2.10 bits per heavy atom. The molecule has 0 bridgehead atoms. The SMILES string of the molecule is Cc1nccc(-c2nc3c(c(C4CC4)n2)CNCC3)n1. The molecule has 20 heavy (non-hydrogen) atoms. The highest BCUT2D eigenvalue weighted by molar-refractivity contribution is 5.51. The van der Waals surface area contributed by atoms with Gasteiger partial charge in [-0.3, -0.25) is 0 Å². The van der Waals surface area contributed by atoms with E-state index in [4.69, 9.17) is 9.97 Å². The van der Waals surface area contributed by atoms with E-state index in [9.17, 15) is 0 Å². The largest absolute Gasteiger partial charge is 0.312 e. The van der Waals surface area contributed by atoms with Gasteiger partial charge in [0, 0.05) is 37.2 Å². The minimum atomic E-state index is 0.633. The van der Waals surface area contributed by atoms with Crippen LogP contribution in [0.1, 0.15) is 41.5 Å². The summed E-state index contributed by atoms with van der Waals surface area (Å²) in [6.07, 6.45) is 5.27. The van der Waals surface area contributed by atoms with Gasteiger partial charge in [-0.05, 0) is 25.8 Å². The molecule has 1 N–H and O–H groups in total. The summed E-state index contributed by atoms with van der Waals surface area (Å²) < 4.78 is 0. The van der Waals surface area contributed by atoms with E-state index >= 15 is 0 Å². The minimum Gasteiger partial charge on any atom is -0.312 e. The summed E-state index contributed by atoms with van der Waals surface area (Å²) in [5.74, 6) is 2.16. The van der Waals surface area contributed by atoms with Gasteiger partial charge in [-0.1, -0.05) is 0 Å². The van der Waals surface area contributed by atoms with Crippen molar-refractivity contribution in [3.8, 4) is 11.5 Å². The van der Waals surface area contributed by atoms with Crippen LogP contribution in [0.25, 0.3) is 11.5 Å². The van der Waals surface area contributed by atoms with Crippen molar-refractivity contribution in [2.75, 3.05) is 6.54 Å². The van der Waals surface area contributed by atoms with E-state index in [2.05, 4.69) is 15.3 Å². The van der Waals surface area contributed by atoms with E-state index < -0.39 is 0 Å². The third kappa shape index (κ3) is 2.08. The fourth-order valence-corrected chi connectivity index (χ4v) is 2.76. The highest BCUT2D eigenvalue weighted by Gasteiger charge is 2.31. The summed E-state index contributed by atoms with van der Waals surface area (Å²) in [5.41, 5.74) is 4.61. The lowest BCUT2D eigenvalue weighted by Crippen LogP contribution is -2.26. The van der Waals surface area contributed by atoms with E-state index in [-0.39, 0.29) is 0 Å². The molecule has 1 fully saturated rings. The van der Waals surface area contributed by atoms with Gasteiger partial charge in [0.05, 0.1) is 11.4 Å². The van der Waals surface area contributed by atoms with Crippen LogP contribution in [0.4, 0.5) is 0 Å². The van der Waals surface area contributed by atoms with E-state index in [1.165, 1.54) is 29.8 Å². The van der Waals surface area contributed by atoms with Gasteiger partial charge in [-0.15, -0.1) is 0 Å². The number of aromatic nitrogens is 4. The lowest BCUT2D eigenvalue weighted by Gasteiger charge is -2.20. The molecule has 5 heteroatoms. The van der Waals surface area contributed by atoms with Crippen molar-refractivity contribution in [2.24, 2.45) is 0 Å². The molecule has 3 heterocycles. The molecule has 5 nitrogen and oxygen atoms in total. The molecule has 2 aromatic rings. The zero-order valence-corrected chi connectivity index (χ0v) is 11.6. The second-order valence-corrected chi connectivity index (χ2v) is 5.55. The average molecular weight is 267 g/mol. The normalized spacial score (nSPS) is 17.9. The lowest BCUT2D eigenvalue weighted by atomic mass is 10.0. The van der Waals surface area contributed by atoms with Gasteiger partial charge in [-0.2, -0.15) is 0 Å². The standard InChI is InChI=1S/C15H17N5/c1-9-17-7-5-13(18-9)15-19-12-4-6-16-8-11(12)14(20-15)10-2-3-10/h5,7,10,16H,2-4,6,8H2,1H3. The van der Waals surface area contributed by atoms with Crippen LogP contribution in [-0.2, 0) is 13.0 Å². The van der Waals surface area contributed by atoms with Crippen molar-refractivity contribution in [1.29, 1.82) is 0 Å². The van der Waals surface area contributed by atoms with Gasteiger partial charge in [0.25, 0.3) is 0 Å². The molecule has 0 radical (unpaired) electrons. The van der Waals surface area contributed by atoms with Gasteiger partial charge in [-0.25, -0.2) is 19.9 Å². The first-order valence-electron chi connectivity index (χ1n) is 7.21. The number of nitrogens with zero attached hydrogens (tertiary/aromatic N) is 4. The zero-order valence-electron chi connectivity index (χ0n) is 11.6. The Labute approximate surface area is 117 Å².